The van der Waals surface area contributed by atoms with Gasteiger partial charge >= 0.3 is 0 Å². The number of benzene rings is 1. The number of halogens is 1. The van der Waals surface area contributed by atoms with Crippen molar-refractivity contribution in [1.29, 1.82) is 0 Å². The molecule has 0 aliphatic heterocycles. The molecule has 1 aromatic carbocycles. The lowest BCUT2D eigenvalue weighted by molar-refractivity contribution is -0.108. The zero-order valence-electron chi connectivity index (χ0n) is 9.50. The number of aldehydes is 1. The molecule has 0 bridgehead atoms. The second-order valence-electron chi connectivity index (χ2n) is 3.54. The molecule has 0 aliphatic rings. The van der Waals surface area contributed by atoms with Crippen LogP contribution < -0.4 is 10.1 Å². The van der Waals surface area contributed by atoms with Crippen LogP contribution in [0, 0.1) is 0 Å². The van der Waals surface area contributed by atoms with Crippen LogP contribution in [0.25, 0.3) is 0 Å². The first kappa shape index (κ1) is 13.0. The number of ether oxygens (including phenoxy) is 1. The molecule has 1 atom stereocenters. The highest BCUT2D eigenvalue weighted by Gasteiger charge is 2.14. The first-order chi connectivity index (χ1) is 7.72. The van der Waals surface area contributed by atoms with Gasteiger partial charge in [-0.05, 0) is 24.7 Å². The van der Waals surface area contributed by atoms with Gasteiger partial charge in [-0.25, -0.2) is 0 Å². The Morgan fingerprint density at radius 2 is 2.31 bits per heavy atom. The molecule has 0 amide bonds. The summed E-state index contributed by atoms with van der Waals surface area (Å²) >= 11 is 6.15. The third-order valence-electron chi connectivity index (χ3n) is 2.48. The Hall–Kier alpha value is -1.06. The minimum absolute atomic E-state index is 0.112. The van der Waals surface area contributed by atoms with E-state index in [4.69, 9.17) is 16.3 Å². The predicted molar refractivity (Wildman–Crippen MR) is 65.4 cm³/mol. The molecule has 0 aromatic heterocycles. The zero-order chi connectivity index (χ0) is 12.0. The molecule has 0 fully saturated rings. The van der Waals surface area contributed by atoms with Crippen molar-refractivity contribution < 1.29 is 9.53 Å². The summed E-state index contributed by atoms with van der Waals surface area (Å²) in [7, 11) is 3.46. The highest BCUT2D eigenvalue weighted by atomic mass is 35.5. The molecular formula is C12H16ClNO2. The Morgan fingerprint density at radius 3 is 2.81 bits per heavy atom. The van der Waals surface area contributed by atoms with E-state index >= 15 is 0 Å². The molecule has 4 heteroatoms. The topological polar surface area (TPSA) is 38.3 Å². The average molecular weight is 242 g/mol. The van der Waals surface area contributed by atoms with Crippen molar-refractivity contribution >= 4 is 17.9 Å². The van der Waals surface area contributed by atoms with Crippen molar-refractivity contribution in [1.82, 2.24) is 5.32 Å². The number of carbonyl (C=O) groups is 1. The molecule has 0 saturated heterocycles. The Morgan fingerprint density at radius 1 is 1.56 bits per heavy atom. The van der Waals surface area contributed by atoms with Gasteiger partial charge < -0.3 is 14.8 Å². The van der Waals surface area contributed by atoms with Crippen molar-refractivity contribution in [2.24, 2.45) is 0 Å². The molecule has 1 rings (SSSR count). The Kier molecular flexibility index (Phi) is 5.29. The number of likely N-dealkylation sites (N-methyl/N-ethyl adjacent to an activating group) is 1. The van der Waals surface area contributed by atoms with E-state index in [1.54, 1.807) is 13.2 Å². The van der Waals surface area contributed by atoms with E-state index in [2.05, 4.69) is 5.32 Å². The standard InChI is InChI=1S/C12H16ClNO2/c1-14-8-9(5-6-15)11-4-3-10(16-2)7-12(11)13/h3-4,6-7,9,14H,5,8H2,1-2H3. The SMILES string of the molecule is CNCC(CC=O)c1ccc(OC)cc1Cl. The fraction of sp³-hybridized carbons (Fsp3) is 0.417. The molecule has 88 valence electrons. The van der Waals surface area contributed by atoms with Crippen molar-refractivity contribution in [3.63, 3.8) is 0 Å². The van der Waals surface area contributed by atoms with Crippen LogP contribution in [0.1, 0.15) is 17.9 Å². The highest BCUT2D eigenvalue weighted by molar-refractivity contribution is 6.31. The second kappa shape index (κ2) is 6.51. The van der Waals surface area contributed by atoms with Gasteiger partial charge in [-0.1, -0.05) is 17.7 Å². The largest absolute Gasteiger partial charge is 0.497 e. The van der Waals surface area contributed by atoms with Crippen LogP contribution in [-0.2, 0) is 4.79 Å². The Labute approximate surface area is 101 Å². The van der Waals surface area contributed by atoms with Gasteiger partial charge in [-0.2, -0.15) is 0 Å². The maximum absolute atomic E-state index is 10.6. The van der Waals surface area contributed by atoms with Gasteiger partial charge in [0.2, 0.25) is 0 Å². The van der Waals surface area contributed by atoms with E-state index in [1.807, 2.05) is 19.2 Å². The first-order valence-electron chi connectivity index (χ1n) is 5.14. The minimum atomic E-state index is 0.112. The highest BCUT2D eigenvalue weighted by Crippen LogP contribution is 2.29. The fourth-order valence-electron chi connectivity index (χ4n) is 1.65. The van der Waals surface area contributed by atoms with Gasteiger partial charge in [0.1, 0.15) is 12.0 Å². The quantitative estimate of drug-likeness (QED) is 0.777. The van der Waals surface area contributed by atoms with Gasteiger partial charge in [0.05, 0.1) is 7.11 Å². The molecule has 0 spiro atoms. The van der Waals surface area contributed by atoms with Crippen LogP contribution in [0.3, 0.4) is 0 Å². The summed E-state index contributed by atoms with van der Waals surface area (Å²) in [5.41, 5.74) is 0.976. The Bertz CT molecular complexity index is 355. The van der Waals surface area contributed by atoms with Crippen LogP contribution >= 0.6 is 11.6 Å². The minimum Gasteiger partial charge on any atom is -0.497 e. The average Bonchev–Trinajstić information content (AvgIpc) is 2.29. The summed E-state index contributed by atoms with van der Waals surface area (Å²) in [6.07, 6.45) is 1.38. The van der Waals surface area contributed by atoms with Gasteiger partial charge in [-0.3, -0.25) is 0 Å². The number of hydrogen-bond acceptors (Lipinski definition) is 3. The lowest BCUT2D eigenvalue weighted by Gasteiger charge is -2.16. The van der Waals surface area contributed by atoms with E-state index in [9.17, 15) is 4.79 Å². The smallest absolute Gasteiger partial charge is 0.120 e. The second-order valence-corrected chi connectivity index (χ2v) is 3.95. The molecule has 3 nitrogen and oxygen atoms in total. The molecule has 0 saturated carbocycles. The van der Waals surface area contributed by atoms with Gasteiger partial charge in [0.15, 0.2) is 0 Å². The number of methoxy groups -OCH3 is 1. The van der Waals surface area contributed by atoms with Crippen molar-refractivity contribution in [3.8, 4) is 5.75 Å². The number of nitrogens with one attached hydrogen (secondary N) is 1. The summed E-state index contributed by atoms with van der Waals surface area (Å²) in [6, 6.07) is 5.53. The van der Waals surface area contributed by atoms with E-state index in [0.717, 1.165) is 24.1 Å². The maximum Gasteiger partial charge on any atom is 0.120 e. The molecule has 0 heterocycles. The van der Waals surface area contributed by atoms with E-state index in [-0.39, 0.29) is 5.92 Å². The number of rotatable bonds is 6. The van der Waals surface area contributed by atoms with Gasteiger partial charge in [0, 0.05) is 23.9 Å². The van der Waals surface area contributed by atoms with Crippen LogP contribution in [0.4, 0.5) is 0 Å². The Balaban J connectivity index is 2.94. The van der Waals surface area contributed by atoms with Crippen molar-refractivity contribution in [2.75, 3.05) is 20.7 Å². The maximum atomic E-state index is 10.6. The summed E-state index contributed by atoms with van der Waals surface area (Å²) in [5, 5.41) is 3.70. The third kappa shape index (κ3) is 3.22. The fourth-order valence-corrected chi connectivity index (χ4v) is 1.97. The van der Waals surface area contributed by atoms with Gasteiger partial charge in [0.25, 0.3) is 0 Å². The summed E-state index contributed by atoms with van der Waals surface area (Å²) in [4.78, 5) is 10.6. The summed E-state index contributed by atoms with van der Waals surface area (Å²) < 4.78 is 5.08. The summed E-state index contributed by atoms with van der Waals surface area (Å²) in [6.45, 7) is 0.727. The van der Waals surface area contributed by atoms with Crippen molar-refractivity contribution in [2.45, 2.75) is 12.3 Å². The van der Waals surface area contributed by atoms with Crippen LogP contribution in [0.15, 0.2) is 18.2 Å². The predicted octanol–water partition coefficient (Wildman–Crippen LogP) is 2.24. The molecule has 1 unspecified atom stereocenters. The summed E-state index contributed by atoms with van der Waals surface area (Å²) in [5.74, 6) is 0.837. The lowest BCUT2D eigenvalue weighted by Crippen LogP contribution is -2.18. The van der Waals surface area contributed by atoms with Crippen LogP contribution in [0.5, 0.6) is 5.75 Å². The van der Waals surface area contributed by atoms with Gasteiger partial charge in [-0.15, -0.1) is 0 Å². The number of hydrogen-bond donors (Lipinski definition) is 1. The molecule has 16 heavy (non-hydrogen) atoms. The normalized spacial score (nSPS) is 12.2. The van der Waals surface area contributed by atoms with Crippen molar-refractivity contribution in [3.05, 3.63) is 28.8 Å². The molecule has 1 aromatic rings. The first-order valence-corrected chi connectivity index (χ1v) is 5.52. The molecular weight excluding hydrogens is 226 g/mol. The monoisotopic (exact) mass is 241 g/mol. The van der Waals surface area contributed by atoms with E-state index in [0.29, 0.717) is 11.4 Å². The van der Waals surface area contributed by atoms with Crippen LogP contribution in [0.2, 0.25) is 5.02 Å². The van der Waals surface area contributed by atoms with E-state index < -0.39 is 0 Å². The molecule has 1 N–H and O–H groups in total. The zero-order valence-corrected chi connectivity index (χ0v) is 10.3. The molecule has 0 radical (unpaired) electrons. The van der Waals surface area contributed by atoms with Crippen LogP contribution in [-0.4, -0.2) is 27.0 Å². The van der Waals surface area contributed by atoms with E-state index in [1.165, 1.54) is 0 Å². The lowest BCUT2D eigenvalue weighted by atomic mass is 9.96. The number of carbonyl (C=O) groups excluding carboxylic acids is 1. The third-order valence-corrected chi connectivity index (χ3v) is 2.81. The molecule has 0 aliphatic carbocycles.